The van der Waals surface area contributed by atoms with E-state index in [1.165, 1.54) is 23.9 Å². The SMILES string of the molecule is C=CC(=O)N1CCC(c2cc(-c3ccc(C(=O)Nc4cc(C#N)ccn4)cc3)n3cnccc23)C1. The van der Waals surface area contributed by atoms with Gasteiger partial charge in [-0.15, -0.1) is 0 Å². The number of nitrogens with one attached hydrogen (secondary N) is 1. The summed E-state index contributed by atoms with van der Waals surface area (Å²) in [7, 11) is 0. The highest BCUT2D eigenvalue weighted by Gasteiger charge is 2.28. The summed E-state index contributed by atoms with van der Waals surface area (Å²) in [5.41, 5.74) is 5.04. The molecule has 1 aliphatic rings. The Morgan fingerprint density at radius 1 is 1.14 bits per heavy atom. The van der Waals surface area contributed by atoms with Crippen LogP contribution in [0.3, 0.4) is 0 Å². The summed E-state index contributed by atoms with van der Waals surface area (Å²) < 4.78 is 2.04. The molecule has 2 amide bonds. The number of fused-ring (bicyclic) bond motifs is 1. The van der Waals surface area contributed by atoms with Crippen LogP contribution in [-0.4, -0.2) is 44.2 Å². The van der Waals surface area contributed by atoms with Gasteiger partial charge in [-0.3, -0.25) is 9.59 Å². The zero-order chi connectivity index (χ0) is 24.4. The third kappa shape index (κ3) is 4.27. The van der Waals surface area contributed by atoms with E-state index >= 15 is 0 Å². The average molecular weight is 463 g/mol. The molecule has 1 atom stereocenters. The Bertz CT molecular complexity index is 1480. The van der Waals surface area contributed by atoms with Gasteiger partial charge in [0.25, 0.3) is 5.91 Å². The van der Waals surface area contributed by atoms with Crippen LogP contribution in [0.1, 0.15) is 33.8 Å². The Morgan fingerprint density at radius 2 is 1.97 bits per heavy atom. The number of nitrogens with zero attached hydrogens (tertiary/aromatic N) is 5. The summed E-state index contributed by atoms with van der Waals surface area (Å²) in [5, 5.41) is 11.8. The first-order chi connectivity index (χ1) is 17.1. The summed E-state index contributed by atoms with van der Waals surface area (Å²) >= 11 is 0. The summed E-state index contributed by atoms with van der Waals surface area (Å²) in [6, 6.07) is 16.6. The summed E-state index contributed by atoms with van der Waals surface area (Å²) in [4.78, 5) is 34.9. The Morgan fingerprint density at radius 3 is 2.74 bits per heavy atom. The number of likely N-dealkylation sites (tertiary alicyclic amines) is 1. The van der Waals surface area contributed by atoms with Gasteiger partial charge in [-0.05, 0) is 60.0 Å². The second-order valence-corrected chi connectivity index (χ2v) is 8.37. The maximum Gasteiger partial charge on any atom is 0.256 e. The molecule has 1 N–H and O–H groups in total. The standard InChI is InChI=1S/C27H22N6O2/c1-2-26(34)32-12-9-21(16-32)22-14-24(33-17-29-10-8-23(22)33)19-3-5-20(6-4-19)27(35)31-25-13-18(15-28)7-11-30-25/h2-8,10-11,13-14,17,21H,1,9,12,16H2,(H,30,31,35). The quantitative estimate of drug-likeness (QED) is 0.451. The number of carbonyl (C=O) groups is 2. The Hall–Kier alpha value is -4.77. The third-order valence-electron chi connectivity index (χ3n) is 6.30. The summed E-state index contributed by atoms with van der Waals surface area (Å²) in [5.74, 6) is 0.208. The van der Waals surface area contributed by atoms with Crippen molar-refractivity contribution < 1.29 is 9.59 Å². The first kappa shape index (κ1) is 22.0. The fourth-order valence-corrected chi connectivity index (χ4v) is 4.52. The Balaban J connectivity index is 1.41. The van der Waals surface area contributed by atoms with E-state index in [9.17, 15) is 9.59 Å². The molecule has 3 aromatic heterocycles. The molecule has 4 heterocycles. The maximum absolute atomic E-state index is 12.7. The van der Waals surface area contributed by atoms with Gasteiger partial charge in [0, 0.05) is 37.0 Å². The van der Waals surface area contributed by atoms with Crippen LogP contribution in [0.2, 0.25) is 0 Å². The molecule has 4 aromatic rings. The summed E-state index contributed by atoms with van der Waals surface area (Å²) in [6.07, 6.45) is 7.29. The molecule has 5 rings (SSSR count). The molecule has 0 saturated carbocycles. The highest BCUT2D eigenvalue weighted by atomic mass is 16.2. The molecule has 0 radical (unpaired) electrons. The first-order valence-corrected chi connectivity index (χ1v) is 11.2. The first-order valence-electron chi connectivity index (χ1n) is 11.2. The molecule has 8 heteroatoms. The topological polar surface area (TPSA) is 103 Å². The van der Waals surface area contributed by atoms with Crippen molar-refractivity contribution in [2.24, 2.45) is 0 Å². The monoisotopic (exact) mass is 462 g/mol. The molecule has 1 unspecified atom stereocenters. The van der Waals surface area contributed by atoms with E-state index < -0.39 is 0 Å². The van der Waals surface area contributed by atoms with E-state index in [2.05, 4.69) is 27.9 Å². The minimum Gasteiger partial charge on any atom is -0.339 e. The minimum atomic E-state index is -0.306. The number of nitriles is 1. The molecule has 1 saturated heterocycles. The number of anilines is 1. The highest BCUT2D eigenvalue weighted by Crippen LogP contribution is 2.35. The number of pyridine rings is 1. The van der Waals surface area contributed by atoms with Crippen molar-refractivity contribution in [1.82, 2.24) is 19.3 Å². The van der Waals surface area contributed by atoms with Gasteiger partial charge in [-0.1, -0.05) is 18.7 Å². The lowest BCUT2D eigenvalue weighted by atomic mass is 9.98. The van der Waals surface area contributed by atoms with Crippen molar-refractivity contribution in [3.8, 4) is 17.3 Å². The zero-order valence-corrected chi connectivity index (χ0v) is 18.9. The van der Waals surface area contributed by atoms with Gasteiger partial charge in [0.05, 0.1) is 29.2 Å². The molecule has 1 aromatic carbocycles. The van der Waals surface area contributed by atoms with Gasteiger partial charge >= 0.3 is 0 Å². The number of hydrogen-bond donors (Lipinski definition) is 1. The van der Waals surface area contributed by atoms with Gasteiger partial charge in [0.2, 0.25) is 5.91 Å². The van der Waals surface area contributed by atoms with Crippen LogP contribution in [0, 0.1) is 11.3 Å². The molecule has 1 aliphatic heterocycles. The maximum atomic E-state index is 12.7. The van der Waals surface area contributed by atoms with Gasteiger partial charge in [-0.25, -0.2) is 9.97 Å². The normalized spacial score (nSPS) is 15.1. The van der Waals surface area contributed by atoms with E-state index in [1.54, 1.807) is 30.7 Å². The van der Waals surface area contributed by atoms with Gasteiger partial charge < -0.3 is 14.6 Å². The molecule has 8 nitrogen and oxygen atoms in total. The van der Waals surface area contributed by atoms with Crippen LogP contribution in [0.5, 0.6) is 0 Å². The lowest BCUT2D eigenvalue weighted by Gasteiger charge is -2.13. The van der Waals surface area contributed by atoms with Crippen molar-refractivity contribution in [3.05, 3.63) is 96.6 Å². The van der Waals surface area contributed by atoms with Crippen molar-refractivity contribution >= 4 is 23.1 Å². The van der Waals surface area contributed by atoms with Crippen LogP contribution in [-0.2, 0) is 4.79 Å². The van der Waals surface area contributed by atoms with Crippen molar-refractivity contribution in [1.29, 1.82) is 5.26 Å². The lowest BCUT2D eigenvalue weighted by molar-refractivity contribution is -0.125. The molecule has 172 valence electrons. The molecular weight excluding hydrogens is 440 g/mol. The number of aromatic nitrogens is 3. The lowest BCUT2D eigenvalue weighted by Crippen LogP contribution is -2.26. The van der Waals surface area contributed by atoms with Crippen LogP contribution in [0.15, 0.2) is 79.9 Å². The molecule has 0 spiro atoms. The minimum absolute atomic E-state index is 0.0404. The van der Waals surface area contributed by atoms with Gasteiger partial charge in [0.15, 0.2) is 0 Å². The number of hydrogen-bond acceptors (Lipinski definition) is 5. The summed E-state index contributed by atoms with van der Waals surface area (Å²) in [6.45, 7) is 4.97. The van der Waals surface area contributed by atoms with Crippen molar-refractivity contribution in [2.45, 2.75) is 12.3 Å². The number of rotatable bonds is 5. The Labute approximate surface area is 202 Å². The van der Waals surface area contributed by atoms with E-state index in [0.29, 0.717) is 30.0 Å². The van der Waals surface area contributed by atoms with Crippen LogP contribution in [0.25, 0.3) is 16.8 Å². The van der Waals surface area contributed by atoms with E-state index in [0.717, 1.165) is 23.2 Å². The third-order valence-corrected chi connectivity index (χ3v) is 6.30. The molecule has 0 aliphatic carbocycles. The van der Waals surface area contributed by atoms with E-state index in [4.69, 9.17) is 5.26 Å². The van der Waals surface area contributed by atoms with Crippen molar-refractivity contribution in [3.63, 3.8) is 0 Å². The van der Waals surface area contributed by atoms with Gasteiger partial charge in [0.1, 0.15) is 5.82 Å². The number of carbonyl (C=O) groups excluding carboxylic acids is 2. The van der Waals surface area contributed by atoms with E-state index in [1.807, 2.05) is 33.6 Å². The smallest absolute Gasteiger partial charge is 0.256 e. The van der Waals surface area contributed by atoms with Crippen LogP contribution >= 0.6 is 0 Å². The molecule has 1 fully saturated rings. The average Bonchev–Trinajstić information content (AvgIpc) is 3.54. The fourth-order valence-electron chi connectivity index (χ4n) is 4.52. The predicted molar refractivity (Wildman–Crippen MR) is 132 cm³/mol. The Kier molecular flexibility index (Phi) is 5.81. The van der Waals surface area contributed by atoms with Gasteiger partial charge in [-0.2, -0.15) is 5.26 Å². The second-order valence-electron chi connectivity index (χ2n) is 8.37. The predicted octanol–water partition coefficient (Wildman–Crippen LogP) is 4.02. The largest absolute Gasteiger partial charge is 0.339 e. The molecular formula is C27H22N6O2. The second kappa shape index (κ2) is 9.23. The van der Waals surface area contributed by atoms with E-state index in [-0.39, 0.29) is 17.7 Å². The molecule has 0 bridgehead atoms. The number of benzene rings is 1. The number of amides is 2. The zero-order valence-electron chi connectivity index (χ0n) is 18.9. The van der Waals surface area contributed by atoms with Crippen LogP contribution < -0.4 is 5.32 Å². The van der Waals surface area contributed by atoms with Crippen molar-refractivity contribution in [2.75, 3.05) is 18.4 Å². The fraction of sp³-hybridized carbons (Fsp3) is 0.148. The highest BCUT2D eigenvalue weighted by molar-refractivity contribution is 6.04. The molecule has 35 heavy (non-hydrogen) atoms. The van der Waals surface area contributed by atoms with Crippen LogP contribution in [0.4, 0.5) is 5.82 Å².